The van der Waals surface area contributed by atoms with Crippen molar-refractivity contribution in [3.05, 3.63) is 30.1 Å². The van der Waals surface area contributed by atoms with E-state index < -0.39 is 18.2 Å². The van der Waals surface area contributed by atoms with E-state index in [2.05, 4.69) is 29.5 Å². The Morgan fingerprint density at radius 3 is 2.90 bits per heavy atom. The number of likely N-dealkylation sites (tertiary alicyclic amines) is 1. The number of nitrogens with one attached hydrogen (secondary N) is 2. The second-order valence-corrected chi connectivity index (χ2v) is 9.23. The molecule has 5 atom stereocenters. The van der Waals surface area contributed by atoms with Crippen molar-refractivity contribution < 1.29 is 23.9 Å². The number of carbonyl (C=O) groups excluding carboxylic acids is 4. The number of rotatable bonds is 7. The largest absolute Gasteiger partial charge is 0.444 e. The average molecular weight is 428 g/mol. The van der Waals surface area contributed by atoms with Gasteiger partial charge in [0.05, 0.1) is 6.04 Å². The molecular weight excluding hydrogens is 400 g/mol. The number of ether oxygens (including phenoxy) is 1. The van der Waals surface area contributed by atoms with E-state index in [4.69, 9.17) is 4.74 Å². The van der Waals surface area contributed by atoms with Gasteiger partial charge >= 0.3 is 6.09 Å². The summed E-state index contributed by atoms with van der Waals surface area (Å²) in [6.45, 7) is 5.27. The molecule has 9 heteroatoms. The monoisotopic (exact) mass is 428 g/mol. The topological polar surface area (TPSA) is 118 Å². The molecule has 2 aliphatic heterocycles. The number of carbonyl (C=O) groups is 4. The Kier molecular flexibility index (Phi) is 5.68. The molecule has 1 saturated carbocycles. The van der Waals surface area contributed by atoms with Crippen molar-refractivity contribution >= 4 is 24.2 Å². The van der Waals surface area contributed by atoms with Gasteiger partial charge in [0.1, 0.15) is 18.9 Å². The summed E-state index contributed by atoms with van der Waals surface area (Å²) in [6, 6.07) is 2.11. The van der Waals surface area contributed by atoms with E-state index in [-0.39, 0.29) is 48.0 Å². The van der Waals surface area contributed by atoms with Crippen molar-refractivity contribution in [3.8, 4) is 0 Å². The van der Waals surface area contributed by atoms with Gasteiger partial charge in [-0.25, -0.2) is 4.79 Å². The molecule has 0 radical (unpaired) electrons. The standard InChI is InChI=1S/C22H28N4O5/c1-22(2)16-10-26(21(30)31-12-13-4-3-6-23-9-13)18(17(16)22)20(29)25-15(11-27)8-14-5-7-24-19(14)28/h3-4,6,9,11,14-18H,5,7-8,10,12H2,1-2H3,(H,24,28)(H,25,29)/t14-,15-,16-,17-,18-/m0/s1. The second-order valence-electron chi connectivity index (χ2n) is 9.23. The van der Waals surface area contributed by atoms with Crippen LogP contribution in [-0.4, -0.2) is 59.3 Å². The van der Waals surface area contributed by atoms with Gasteiger partial charge in [-0.1, -0.05) is 19.9 Å². The third-order valence-electron chi connectivity index (χ3n) is 6.99. The molecule has 31 heavy (non-hydrogen) atoms. The molecule has 2 N–H and O–H groups in total. The van der Waals surface area contributed by atoms with Crippen LogP contribution < -0.4 is 10.6 Å². The lowest BCUT2D eigenvalue weighted by Gasteiger charge is -2.30. The zero-order chi connectivity index (χ0) is 22.2. The van der Waals surface area contributed by atoms with Crippen LogP contribution in [-0.2, 0) is 25.7 Å². The van der Waals surface area contributed by atoms with Gasteiger partial charge in [0.25, 0.3) is 0 Å². The Labute approximate surface area is 180 Å². The minimum Gasteiger partial charge on any atom is -0.444 e. The molecule has 0 spiro atoms. The highest BCUT2D eigenvalue weighted by Gasteiger charge is 2.69. The molecule has 0 aromatic carbocycles. The van der Waals surface area contributed by atoms with Crippen LogP contribution in [0.1, 0.15) is 32.3 Å². The normalized spacial score (nSPS) is 29.0. The van der Waals surface area contributed by atoms with Crippen LogP contribution in [0.15, 0.2) is 24.5 Å². The SMILES string of the molecule is CC1(C)[C@@H]2[C@@H](C(=O)N[C@H](C=O)C[C@@H]3CCNC3=O)N(C(=O)OCc3cccnc3)C[C@@H]21. The van der Waals surface area contributed by atoms with Crippen LogP contribution in [0.3, 0.4) is 0 Å². The Morgan fingerprint density at radius 1 is 1.45 bits per heavy atom. The van der Waals surface area contributed by atoms with E-state index in [1.54, 1.807) is 18.5 Å². The Hall–Kier alpha value is -2.97. The predicted octanol–water partition coefficient (Wildman–Crippen LogP) is 0.885. The third kappa shape index (κ3) is 4.13. The average Bonchev–Trinajstić information content (AvgIpc) is 3.13. The molecule has 2 saturated heterocycles. The molecule has 166 valence electrons. The highest BCUT2D eigenvalue weighted by molar-refractivity contribution is 5.89. The first-order chi connectivity index (χ1) is 14.8. The van der Waals surface area contributed by atoms with Crippen LogP contribution in [0.25, 0.3) is 0 Å². The van der Waals surface area contributed by atoms with Crippen molar-refractivity contribution in [2.45, 2.75) is 45.4 Å². The van der Waals surface area contributed by atoms with Gasteiger partial charge in [-0.2, -0.15) is 0 Å². The van der Waals surface area contributed by atoms with Gasteiger partial charge in [0.15, 0.2) is 0 Å². The zero-order valence-electron chi connectivity index (χ0n) is 17.7. The van der Waals surface area contributed by atoms with E-state index in [9.17, 15) is 19.2 Å². The predicted molar refractivity (Wildman–Crippen MR) is 109 cm³/mol. The summed E-state index contributed by atoms with van der Waals surface area (Å²) in [5.74, 6) is -0.521. The minimum absolute atomic E-state index is 0.0144. The smallest absolute Gasteiger partial charge is 0.410 e. The molecule has 1 aromatic rings. The van der Waals surface area contributed by atoms with Crippen LogP contribution in [0.2, 0.25) is 0 Å². The molecule has 3 aliphatic rings. The van der Waals surface area contributed by atoms with Gasteiger partial charge in [-0.15, -0.1) is 0 Å². The van der Waals surface area contributed by atoms with Gasteiger partial charge < -0.3 is 20.2 Å². The van der Waals surface area contributed by atoms with Crippen molar-refractivity contribution in [2.75, 3.05) is 13.1 Å². The number of pyridine rings is 1. The third-order valence-corrected chi connectivity index (χ3v) is 6.99. The summed E-state index contributed by atoms with van der Waals surface area (Å²) < 4.78 is 5.43. The number of aromatic nitrogens is 1. The van der Waals surface area contributed by atoms with Crippen molar-refractivity contribution in [1.82, 2.24) is 20.5 Å². The molecule has 3 fully saturated rings. The first kappa shape index (κ1) is 21.3. The Balaban J connectivity index is 1.41. The molecular formula is C22H28N4O5. The molecule has 0 bridgehead atoms. The van der Waals surface area contributed by atoms with Crippen LogP contribution in [0.4, 0.5) is 4.79 Å². The van der Waals surface area contributed by atoms with Crippen LogP contribution >= 0.6 is 0 Å². The maximum atomic E-state index is 13.2. The summed E-state index contributed by atoms with van der Waals surface area (Å²) in [6.07, 6.45) is 4.28. The number of amides is 3. The van der Waals surface area contributed by atoms with Gasteiger partial charge in [-0.3, -0.25) is 19.5 Å². The number of nitrogens with zero attached hydrogens (tertiary/aromatic N) is 2. The summed E-state index contributed by atoms with van der Waals surface area (Å²) >= 11 is 0. The van der Waals surface area contributed by atoms with E-state index in [0.717, 1.165) is 5.56 Å². The van der Waals surface area contributed by atoms with Crippen molar-refractivity contribution in [2.24, 2.45) is 23.2 Å². The lowest BCUT2D eigenvalue weighted by atomic mass is 9.97. The summed E-state index contributed by atoms with van der Waals surface area (Å²) in [4.78, 5) is 54.8. The van der Waals surface area contributed by atoms with E-state index >= 15 is 0 Å². The fraction of sp³-hybridized carbons (Fsp3) is 0.591. The fourth-order valence-corrected chi connectivity index (χ4v) is 5.08. The first-order valence-electron chi connectivity index (χ1n) is 10.7. The number of aldehydes is 1. The Bertz CT molecular complexity index is 874. The molecule has 9 nitrogen and oxygen atoms in total. The quantitative estimate of drug-likeness (QED) is 0.623. The van der Waals surface area contributed by atoms with Crippen LogP contribution in [0.5, 0.6) is 0 Å². The van der Waals surface area contributed by atoms with Gasteiger partial charge in [0.2, 0.25) is 11.8 Å². The van der Waals surface area contributed by atoms with Crippen molar-refractivity contribution in [1.29, 1.82) is 0 Å². The lowest BCUT2D eigenvalue weighted by Crippen LogP contribution is -2.52. The summed E-state index contributed by atoms with van der Waals surface area (Å²) in [5, 5.41) is 5.50. The number of hydrogen-bond acceptors (Lipinski definition) is 6. The van der Waals surface area contributed by atoms with Crippen LogP contribution in [0, 0.1) is 23.2 Å². The molecule has 4 rings (SSSR count). The highest BCUT2D eigenvalue weighted by Crippen LogP contribution is 2.64. The summed E-state index contributed by atoms with van der Waals surface area (Å²) in [7, 11) is 0. The number of piperidine rings is 1. The maximum absolute atomic E-state index is 13.2. The second kappa shape index (κ2) is 8.28. The van der Waals surface area contributed by atoms with Gasteiger partial charge in [-0.05, 0) is 36.2 Å². The highest BCUT2D eigenvalue weighted by atomic mass is 16.6. The minimum atomic E-state index is -0.768. The van der Waals surface area contributed by atoms with Crippen molar-refractivity contribution in [3.63, 3.8) is 0 Å². The molecule has 3 heterocycles. The molecule has 0 unspecified atom stereocenters. The lowest BCUT2D eigenvalue weighted by molar-refractivity contribution is -0.129. The molecule has 1 aliphatic carbocycles. The molecule has 3 amide bonds. The zero-order valence-corrected chi connectivity index (χ0v) is 17.7. The summed E-state index contributed by atoms with van der Waals surface area (Å²) in [5.41, 5.74) is 0.710. The number of hydrogen-bond donors (Lipinski definition) is 2. The number of fused-ring (bicyclic) bond motifs is 1. The Morgan fingerprint density at radius 2 is 2.26 bits per heavy atom. The van der Waals surface area contributed by atoms with E-state index in [1.807, 2.05) is 6.07 Å². The first-order valence-corrected chi connectivity index (χ1v) is 10.7. The molecule has 1 aromatic heterocycles. The fourth-order valence-electron chi connectivity index (χ4n) is 5.08. The van der Waals surface area contributed by atoms with Gasteiger partial charge in [0, 0.05) is 37.0 Å². The van der Waals surface area contributed by atoms with E-state index in [1.165, 1.54) is 4.90 Å². The maximum Gasteiger partial charge on any atom is 0.410 e. The van der Waals surface area contributed by atoms with E-state index in [0.29, 0.717) is 25.8 Å².